The zero-order chi connectivity index (χ0) is 21.1. The van der Waals surface area contributed by atoms with E-state index in [2.05, 4.69) is 15.6 Å². The SMILES string of the molecule is CC(=O)NCc1ccc(-c2csc(NC(=O)C3COc4ccc(Cl)cc4C3)n2)cc1. The van der Waals surface area contributed by atoms with E-state index in [1.165, 1.54) is 18.3 Å². The smallest absolute Gasteiger partial charge is 0.233 e. The predicted octanol–water partition coefficient (Wildman–Crippen LogP) is 4.29. The van der Waals surface area contributed by atoms with Crippen molar-refractivity contribution in [3.05, 3.63) is 64.0 Å². The summed E-state index contributed by atoms with van der Waals surface area (Å²) in [5, 5.41) is 8.76. The van der Waals surface area contributed by atoms with Crippen molar-refractivity contribution >= 4 is 39.9 Å². The lowest BCUT2D eigenvalue weighted by Crippen LogP contribution is -2.32. The molecule has 1 aliphatic heterocycles. The first kappa shape index (κ1) is 20.4. The summed E-state index contributed by atoms with van der Waals surface area (Å²) in [5.74, 6) is 0.305. The number of ether oxygens (including phenoxy) is 1. The van der Waals surface area contributed by atoms with Crippen LogP contribution < -0.4 is 15.4 Å². The topological polar surface area (TPSA) is 80.3 Å². The van der Waals surface area contributed by atoms with Crippen LogP contribution in [0.1, 0.15) is 18.1 Å². The Kier molecular flexibility index (Phi) is 6.01. The summed E-state index contributed by atoms with van der Waals surface area (Å²) in [4.78, 5) is 28.2. The second-order valence-corrected chi connectivity index (χ2v) is 8.39. The van der Waals surface area contributed by atoms with Crippen LogP contribution in [0.4, 0.5) is 5.13 Å². The van der Waals surface area contributed by atoms with Crippen molar-refractivity contribution in [1.29, 1.82) is 0 Å². The first-order chi connectivity index (χ1) is 14.5. The number of halogens is 1. The van der Waals surface area contributed by atoms with E-state index < -0.39 is 0 Å². The number of nitrogens with zero attached hydrogens (tertiary/aromatic N) is 1. The van der Waals surface area contributed by atoms with Crippen LogP contribution in [0.3, 0.4) is 0 Å². The molecule has 2 aromatic carbocycles. The number of anilines is 1. The molecular weight excluding hydrogens is 422 g/mol. The van der Waals surface area contributed by atoms with Crippen LogP contribution in [-0.4, -0.2) is 23.4 Å². The van der Waals surface area contributed by atoms with Crippen LogP contribution in [-0.2, 0) is 22.6 Å². The lowest BCUT2D eigenvalue weighted by molar-refractivity contribution is -0.121. The number of benzene rings is 2. The Bertz CT molecular complexity index is 1080. The first-order valence-electron chi connectivity index (χ1n) is 9.49. The largest absolute Gasteiger partial charge is 0.492 e. The van der Waals surface area contributed by atoms with Crippen LogP contribution in [0.25, 0.3) is 11.3 Å². The third-order valence-electron chi connectivity index (χ3n) is 4.83. The summed E-state index contributed by atoms with van der Waals surface area (Å²) in [7, 11) is 0. The number of carbonyl (C=O) groups excluding carboxylic acids is 2. The molecule has 1 aromatic heterocycles. The average molecular weight is 442 g/mol. The van der Waals surface area contributed by atoms with Gasteiger partial charge in [-0.25, -0.2) is 4.98 Å². The molecule has 2 amide bonds. The minimum Gasteiger partial charge on any atom is -0.492 e. The van der Waals surface area contributed by atoms with Crippen LogP contribution in [0.15, 0.2) is 47.8 Å². The third-order valence-corrected chi connectivity index (χ3v) is 5.82. The van der Waals surface area contributed by atoms with E-state index in [0.29, 0.717) is 29.7 Å². The fraction of sp³-hybridized carbons (Fsp3) is 0.227. The maximum Gasteiger partial charge on any atom is 0.233 e. The van der Waals surface area contributed by atoms with Gasteiger partial charge in [0, 0.05) is 29.4 Å². The number of carbonyl (C=O) groups is 2. The number of hydrogen-bond donors (Lipinski definition) is 2. The van der Waals surface area contributed by atoms with Crippen LogP contribution in [0.5, 0.6) is 5.75 Å². The third kappa shape index (κ3) is 4.80. The summed E-state index contributed by atoms with van der Waals surface area (Å²) >= 11 is 7.43. The van der Waals surface area contributed by atoms with Crippen molar-refractivity contribution in [2.75, 3.05) is 11.9 Å². The van der Waals surface area contributed by atoms with Gasteiger partial charge in [0.2, 0.25) is 11.8 Å². The van der Waals surface area contributed by atoms with Gasteiger partial charge in [0.15, 0.2) is 5.13 Å². The van der Waals surface area contributed by atoms with Crippen molar-refractivity contribution in [2.24, 2.45) is 5.92 Å². The zero-order valence-electron chi connectivity index (χ0n) is 16.3. The number of rotatable bonds is 5. The molecule has 2 N–H and O–H groups in total. The number of nitrogens with one attached hydrogen (secondary N) is 2. The van der Waals surface area contributed by atoms with Gasteiger partial charge in [0.25, 0.3) is 0 Å². The molecule has 154 valence electrons. The summed E-state index contributed by atoms with van der Waals surface area (Å²) in [6, 6.07) is 13.3. The summed E-state index contributed by atoms with van der Waals surface area (Å²) < 4.78 is 5.71. The van der Waals surface area contributed by atoms with Crippen LogP contribution in [0.2, 0.25) is 5.02 Å². The summed E-state index contributed by atoms with van der Waals surface area (Å²) in [6.07, 6.45) is 0.579. The van der Waals surface area contributed by atoms with Gasteiger partial charge in [-0.15, -0.1) is 11.3 Å². The number of fused-ring (bicyclic) bond motifs is 1. The maximum atomic E-state index is 12.7. The van der Waals surface area contributed by atoms with Crippen LogP contribution >= 0.6 is 22.9 Å². The Morgan fingerprint density at radius 1 is 1.23 bits per heavy atom. The standard InChI is InChI=1S/C22H20ClN3O3S/c1-13(27)24-10-14-2-4-15(5-3-14)19-12-30-22(25-19)26-21(28)17-8-16-9-18(23)6-7-20(16)29-11-17/h2-7,9,12,17H,8,10-11H2,1H3,(H,24,27)(H,25,26,28). The second kappa shape index (κ2) is 8.85. The van der Waals surface area contributed by atoms with E-state index in [1.807, 2.05) is 41.8 Å². The lowest BCUT2D eigenvalue weighted by Gasteiger charge is -2.24. The van der Waals surface area contributed by atoms with Crippen molar-refractivity contribution in [3.8, 4) is 17.0 Å². The van der Waals surface area contributed by atoms with Gasteiger partial charge in [-0.2, -0.15) is 0 Å². The molecule has 4 rings (SSSR count). The Labute approximate surface area is 183 Å². The summed E-state index contributed by atoms with van der Waals surface area (Å²) in [6.45, 7) is 2.31. The Morgan fingerprint density at radius 3 is 2.80 bits per heavy atom. The van der Waals surface area contributed by atoms with E-state index >= 15 is 0 Å². The molecule has 1 atom stereocenters. The highest BCUT2D eigenvalue weighted by Crippen LogP contribution is 2.31. The van der Waals surface area contributed by atoms with Gasteiger partial charge in [0.05, 0.1) is 11.6 Å². The van der Waals surface area contributed by atoms with Crippen molar-refractivity contribution in [2.45, 2.75) is 19.9 Å². The first-order valence-corrected chi connectivity index (χ1v) is 10.7. The molecule has 0 spiro atoms. The molecule has 8 heteroatoms. The van der Waals surface area contributed by atoms with E-state index in [9.17, 15) is 9.59 Å². The molecule has 0 saturated heterocycles. The molecule has 0 saturated carbocycles. The lowest BCUT2D eigenvalue weighted by atomic mass is 9.96. The normalized spacial score (nSPS) is 15.1. The van der Waals surface area contributed by atoms with Gasteiger partial charge < -0.3 is 15.4 Å². The Hall–Kier alpha value is -2.90. The highest BCUT2D eigenvalue weighted by Gasteiger charge is 2.26. The molecule has 2 heterocycles. The molecule has 3 aromatic rings. The highest BCUT2D eigenvalue weighted by atomic mass is 35.5. The number of aromatic nitrogens is 1. The van der Waals surface area contributed by atoms with E-state index in [-0.39, 0.29) is 17.7 Å². The highest BCUT2D eigenvalue weighted by molar-refractivity contribution is 7.14. The Morgan fingerprint density at radius 2 is 2.03 bits per heavy atom. The monoisotopic (exact) mass is 441 g/mol. The quantitative estimate of drug-likeness (QED) is 0.619. The van der Waals surface area contributed by atoms with Crippen molar-refractivity contribution in [1.82, 2.24) is 10.3 Å². The molecule has 0 aliphatic carbocycles. The van der Waals surface area contributed by atoms with E-state index in [1.54, 1.807) is 6.07 Å². The molecule has 6 nitrogen and oxygen atoms in total. The van der Waals surface area contributed by atoms with Crippen molar-refractivity contribution < 1.29 is 14.3 Å². The second-order valence-electron chi connectivity index (χ2n) is 7.10. The molecule has 1 aliphatic rings. The Balaban J connectivity index is 1.38. The van der Waals surface area contributed by atoms with E-state index in [4.69, 9.17) is 16.3 Å². The summed E-state index contributed by atoms with van der Waals surface area (Å²) in [5.41, 5.74) is 3.68. The molecule has 0 fully saturated rings. The van der Waals surface area contributed by atoms with Crippen molar-refractivity contribution in [3.63, 3.8) is 0 Å². The minimum absolute atomic E-state index is 0.0612. The van der Waals surface area contributed by atoms with Gasteiger partial charge in [-0.05, 0) is 35.7 Å². The fourth-order valence-corrected chi connectivity index (χ4v) is 4.14. The molecular formula is C22H20ClN3O3S. The van der Waals surface area contributed by atoms with E-state index in [0.717, 1.165) is 28.1 Å². The molecule has 0 radical (unpaired) electrons. The van der Waals surface area contributed by atoms with Gasteiger partial charge in [-0.1, -0.05) is 35.9 Å². The molecule has 0 bridgehead atoms. The molecule has 30 heavy (non-hydrogen) atoms. The number of hydrogen-bond acceptors (Lipinski definition) is 5. The van der Waals surface area contributed by atoms with Crippen LogP contribution in [0, 0.1) is 5.92 Å². The molecule has 1 unspecified atom stereocenters. The number of thiazole rings is 1. The number of amides is 2. The van der Waals surface area contributed by atoms with Gasteiger partial charge >= 0.3 is 0 Å². The maximum absolute atomic E-state index is 12.7. The van der Waals surface area contributed by atoms with Gasteiger partial charge in [0.1, 0.15) is 12.4 Å². The zero-order valence-corrected chi connectivity index (χ0v) is 17.8. The minimum atomic E-state index is -0.295. The predicted molar refractivity (Wildman–Crippen MR) is 118 cm³/mol. The van der Waals surface area contributed by atoms with Gasteiger partial charge in [-0.3, -0.25) is 9.59 Å². The average Bonchev–Trinajstić information content (AvgIpc) is 3.20. The fourth-order valence-electron chi connectivity index (χ4n) is 3.22.